The lowest BCUT2D eigenvalue weighted by Crippen LogP contribution is -2.42. The van der Waals surface area contributed by atoms with Gasteiger partial charge in [0, 0.05) is 12.3 Å². The molecule has 4 rings (SSSR count). The topological polar surface area (TPSA) is 35.5 Å². The van der Waals surface area contributed by atoms with Crippen molar-refractivity contribution in [1.29, 1.82) is 0 Å². The van der Waals surface area contributed by atoms with Crippen molar-refractivity contribution in [2.45, 2.75) is 51.1 Å². The van der Waals surface area contributed by atoms with E-state index in [0.717, 1.165) is 31.2 Å². The Bertz CT molecular complexity index is 713. The number of carbonyl (C=O) groups excluding carboxylic acids is 1. The van der Waals surface area contributed by atoms with E-state index in [2.05, 4.69) is 24.3 Å². The van der Waals surface area contributed by atoms with Gasteiger partial charge in [0.25, 0.3) is 0 Å². The Labute approximate surface area is 155 Å². The summed E-state index contributed by atoms with van der Waals surface area (Å²) in [6, 6.07) is 20.5. The van der Waals surface area contributed by atoms with Crippen LogP contribution in [0, 0.1) is 11.8 Å². The zero-order valence-corrected chi connectivity index (χ0v) is 15.1. The Kier molecular flexibility index (Phi) is 5.47. The molecule has 2 aromatic carbocycles. The van der Waals surface area contributed by atoms with Crippen molar-refractivity contribution < 1.29 is 14.3 Å². The summed E-state index contributed by atoms with van der Waals surface area (Å²) in [7, 11) is 0. The summed E-state index contributed by atoms with van der Waals surface area (Å²) in [5, 5.41) is 0. The van der Waals surface area contributed by atoms with Crippen LogP contribution in [0.15, 0.2) is 60.7 Å². The van der Waals surface area contributed by atoms with E-state index in [4.69, 9.17) is 9.47 Å². The van der Waals surface area contributed by atoms with E-state index in [1.807, 2.05) is 36.4 Å². The van der Waals surface area contributed by atoms with Gasteiger partial charge in [-0.25, -0.2) is 0 Å². The first kappa shape index (κ1) is 17.4. The molecule has 4 unspecified atom stereocenters. The molecule has 0 amide bonds. The van der Waals surface area contributed by atoms with Crippen molar-refractivity contribution in [2.75, 3.05) is 0 Å². The van der Waals surface area contributed by atoms with Gasteiger partial charge in [0.1, 0.15) is 5.78 Å². The van der Waals surface area contributed by atoms with Crippen LogP contribution in [-0.2, 0) is 27.5 Å². The van der Waals surface area contributed by atoms with Crippen molar-refractivity contribution in [1.82, 2.24) is 0 Å². The zero-order chi connectivity index (χ0) is 17.8. The van der Waals surface area contributed by atoms with Gasteiger partial charge < -0.3 is 9.47 Å². The van der Waals surface area contributed by atoms with Gasteiger partial charge in [-0.2, -0.15) is 0 Å². The van der Waals surface area contributed by atoms with Gasteiger partial charge in [-0.05, 0) is 36.3 Å². The number of ether oxygens (including phenoxy) is 2. The fourth-order valence-corrected chi connectivity index (χ4v) is 4.34. The monoisotopic (exact) mass is 350 g/mol. The molecule has 0 radical (unpaired) electrons. The van der Waals surface area contributed by atoms with Crippen LogP contribution in [0.5, 0.6) is 0 Å². The Balaban J connectivity index is 1.42. The lowest BCUT2D eigenvalue weighted by atomic mass is 9.78. The molecule has 2 aromatic rings. The summed E-state index contributed by atoms with van der Waals surface area (Å²) in [5.74, 6) is 1.07. The second-order valence-electron chi connectivity index (χ2n) is 7.51. The number of fused-ring (bicyclic) bond motifs is 1. The molecule has 2 aliphatic rings. The van der Waals surface area contributed by atoms with Crippen LogP contribution in [0.2, 0.25) is 0 Å². The molecule has 2 saturated carbocycles. The van der Waals surface area contributed by atoms with Crippen molar-refractivity contribution >= 4 is 5.78 Å². The maximum atomic E-state index is 12.2. The summed E-state index contributed by atoms with van der Waals surface area (Å²) in [6.45, 7) is 1.17. The Hall–Kier alpha value is -1.97. The molecule has 4 atom stereocenters. The summed E-state index contributed by atoms with van der Waals surface area (Å²) in [6.07, 6.45) is 3.53. The summed E-state index contributed by atoms with van der Waals surface area (Å²) >= 11 is 0. The molecular weight excluding hydrogens is 324 g/mol. The molecule has 0 bridgehead atoms. The molecule has 0 spiro atoms. The minimum Gasteiger partial charge on any atom is -0.371 e. The minimum absolute atomic E-state index is 0.0118. The van der Waals surface area contributed by atoms with Gasteiger partial charge in [-0.1, -0.05) is 60.7 Å². The highest BCUT2D eigenvalue weighted by molar-refractivity contribution is 5.83. The third kappa shape index (κ3) is 4.05. The number of hydrogen-bond acceptors (Lipinski definition) is 3. The van der Waals surface area contributed by atoms with E-state index in [9.17, 15) is 4.79 Å². The van der Waals surface area contributed by atoms with Gasteiger partial charge in [0.05, 0.1) is 25.4 Å². The van der Waals surface area contributed by atoms with E-state index >= 15 is 0 Å². The first-order chi connectivity index (χ1) is 12.8. The van der Waals surface area contributed by atoms with E-state index in [1.165, 1.54) is 5.56 Å². The highest BCUT2D eigenvalue weighted by Gasteiger charge is 2.44. The molecule has 3 nitrogen and oxygen atoms in total. The number of rotatable bonds is 6. The van der Waals surface area contributed by atoms with E-state index < -0.39 is 0 Å². The number of carbonyl (C=O) groups is 1. The predicted molar refractivity (Wildman–Crippen MR) is 100 cm³/mol. The molecule has 0 N–H and O–H groups in total. The summed E-state index contributed by atoms with van der Waals surface area (Å²) < 4.78 is 12.5. The minimum atomic E-state index is -0.0118. The van der Waals surface area contributed by atoms with E-state index in [0.29, 0.717) is 24.9 Å². The highest BCUT2D eigenvalue weighted by atomic mass is 16.5. The number of Topliss-reactive ketones (excluding diaryl/α,β-unsaturated/α-hetero) is 1. The number of ketones is 1. The smallest absolute Gasteiger partial charge is 0.136 e. The van der Waals surface area contributed by atoms with Crippen molar-refractivity contribution in [3.05, 3.63) is 71.8 Å². The number of benzene rings is 2. The van der Waals surface area contributed by atoms with Gasteiger partial charge in [-0.3, -0.25) is 4.79 Å². The quantitative estimate of drug-likeness (QED) is 0.767. The lowest BCUT2D eigenvalue weighted by Gasteiger charge is -2.37. The fourth-order valence-electron chi connectivity index (χ4n) is 4.34. The van der Waals surface area contributed by atoms with Crippen molar-refractivity contribution in [2.24, 2.45) is 11.8 Å². The van der Waals surface area contributed by atoms with E-state index in [-0.39, 0.29) is 18.1 Å². The van der Waals surface area contributed by atoms with Crippen LogP contribution >= 0.6 is 0 Å². The molecule has 136 valence electrons. The van der Waals surface area contributed by atoms with Crippen LogP contribution < -0.4 is 0 Å². The van der Waals surface area contributed by atoms with Crippen molar-refractivity contribution in [3.8, 4) is 0 Å². The summed E-state index contributed by atoms with van der Waals surface area (Å²) in [4.78, 5) is 12.2. The van der Waals surface area contributed by atoms with Gasteiger partial charge in [0.2, 0.25) is 0 Å². The Morgan fingerprint density at radius 1 is 0.769 bits per heavy atom. The largest absolute Gasteiger partial charge is 0.371 e. The molecule has 2 fully saturated rings. The summed E-state index contributed by atoms with van der Waals surface area (Å²) in [5.41, 5.74) is 2.34. The van der Waals surface area contributed by atoms with Gasteiger partial charge in [-0.15, -0.1) is 0 Å². The first-order valence-corrected chi connectivity index (χ1v) is 9.63. The third-order valence-corrected chi connectivity index (χ3v) is 5.79. The highest BCUT2D eigenvalue weighted by Crippen LogP contribution is 2.42. The Morgan fingerprint density at radius 2 is 1.31 bits per heavy atom. The molecular formula is C23H26O3. The molecule has 3 heteroatoms. The van der Waals surface area contributed by atoms with Gasteiger partial charge in [0.15, 0.2) is 0 Å². The lowest BCUT2D eigenvalue weighted by molar-refractivity contribution is -0.138. The second kappa shape index (κ2) is 8.15. The standard InChI is InChI=1S/C23H26O3/c24-21-12-11-19-13-22(25-15-17-7-3-1-4-8-17)23(14-20(19)21)26-16-18-9-5-2-6-10-18/h1-10,19-20,22-23H,11-16H2. The van der Waals surface area contributed by atoms with Crippen molar-refractivity contribution in [3.63, 3.8) is 0 Å². The average Bonchev–Trinajstić information content (AvgIpc) is 3.06. The molecule has 0 aromatic heterocycles. The maximum absolute atomic E-state index is 12.2. The zero-order valence-electron chi connectivity index (χ0n) is 15.1. The van der Waals surface area contributed by atoms with Crippen LogP contribution in [0.1, 0.15) is 36.8 Å². The molecule has 26 heavy (non-hydrogen) atoms. The third-order valence-electron chi connectivity index (χ3n) is 5.79. The SMILES string of the molecule is O=C1CCC2CC(OCc3ccccc3)C(OCc3ccccc3)CC12. The van der Waals surface area contributed by atoms with Crippen LogP contribution in [-0.4, -0.2) is 18.0 Å². The first-order valence-electron chi connectivity index (χ1n) is 9.63. The second-order valence-corrected chi connectivity index (χ2v) is 7.51. The number of hydrogen-bond donors (Lipinski definition) is 0. The van der Waals surface area contributed by atoms with Crippen LogP contribution in [0.4, 0.5) is 0 Å². The molecule has 2 aliphatic carbocycles. The normalized spacial score (nSPS) is 28.1. The van der Waals surface area contributed by atoms with E-state index in [1.54, 1.807) is 0 Å². The average molecular weight is 350 g/mol. The fraction of sp³-hybridized carbons (Fsp3) is 0.435. The predicted octanol–water partition coefficient (Wildman–Crippen LogP) is 4.55. The maximum Gasteiger partial charge on any atom is 0.136 e. The molecule has 0 saturated heterocycles. The van der Waals surface area contributed by atoms with Crippen LogP contribution in [0.3, 0.4) is 0 Å². The van der Waals surface area contributed by atoms with Gasteiger partial charge >= 0.3 is 0 Å². The molecule has 0 heterocycles. The Morgan fingerprint density at radius 3 is 1.88 bits per heavy atom. The van der Waals surface area contributed by atoms with Crippen LogP contribution in [0.25, 0.3) is 0 Å². The molecule has 0 aliphatic heterocycles.